The minimum atomic E-state index is -3.62. The van der Waals surface area contributed by atoms with Gasteiger partial charge in [0.1, 0.15) is 13.2 Å². The molecule has 2 heterocycles. The zero-order valence-electron chi connectivity index (χ0n) is 37.0. The summed E-state index contributed by atoms with van der Waals surface area (Å²) in [6, 6.07) is 12.5. The van der Waals surface area contributed by atoms with Crippen LogP contribution in [0, 0.1) is 51.2 Å². The first-order valence-electron chi connectivity index (χ1n) is 23.0. The van der Waals surface area contributed by atoms with E-state index in [4.69, 9.17) is 9.47 Å². The number of ether oxygens (including phenoxy) is 2. The van der Waals surface area contributed by atoms with E-state index in [2.05, 4.69) is 64.4 Å². The van der Waals surface area contributed by atoms with Gasteiger partial charge in [-0.2, -0.15) is 4.31 Å². The van der Waals surface area contributed by atoms with Crippen LogP contribution in [0.1, 0.15) is 115 Å². The van der Waals surface area contributed by atoms with E-state index < -0.39 is 16.0 Å². The molecule has 0 spiro atoms. The Kier molecular flexibility index (Phi) is 10.5. The number of nitrogens with zero attached hydrogens (tertiary/aromatic N) is 2. The molecule has 5 fully saturated rings. The van der Waals surface area contributed by atoms with Crippen molar-refractivity contribution in [1.82, 2.24) is 14.5 Å². The molecule has 60 heavy (non-hydrogen) atoms. The molecule has 10 heteroatoms. The standard InChI is InChI=1S/C50H69N3O6S/c1-33(2)37-16-21-50(51-24-25-52-26-28-53(29-27-52)60(56,57)36-12-14-40-41(32-36)59-31-30-58-40)23-22-48(6)39(44(37)50)13-15-43-47(5)19-17-38(34-8-10-35(11-9-34)45(54)55)46(3,4)42(47)18-20-49(43,48)7/h8-12,14,17,32,37,39,42-44,51H,1,13,15-16,18-31H2,2-7H3,(H,54,55)/t37-,39+,42-,43+,44+,47-,48+,49+,50-/m0/s1. The molecule has 4 saturated carbocycles. The second-order valence-electron chi connectivity index (χ2n) is 21.2. The van der Waals surface area contributed by atoms with Crippen molar-refractivity contribution in [3.05, 3.63) is 71.8 Å². The second kappa shape index (κ2) is 15.0. The average molecular weight is 840 g/mol. The Bertz CT molecular complexity index is 2160. The average Bonchev–Trinajstić information content (AvgIpc) is 3.61. The first kappa shape index (κ1) is 42.1. The molecule has 0 bridgehead atoms. The smallest absolute Gasteiger partial charge is 0.335 e. The van der Waals surface area contributed by atoms with E-state index in [0.717, 1.165) is 32.6 Å². The summed E-state index contributed by atoms with van der Waals surface area (Å²) < 4.78 is 40.2. The number of carboxylic acid groups (broad SMARTS) is 1. The van der Waals surface area contributed by atoms with Crippen molar-refractivity contribution in [2.24, 2.45) is 51.2 Å². The van der Waals surface area contributed by atoms with Gasteiger partial charge >= 0.3 is 5.97 Å². The van der Waals surface area contributed by atoms with Crippen molar-refractivity contribution in [2.45, 2.75) is 110 Å². The number of benzene rings is 2. The van der Waals surface area contributed by atoms with Crippen LogP contribution in [0.25, 0.3) is 5.57 Å². The van der Waals surface area contributed by atoms with Crippen molar-refractivity contribution >= 4 is 21.6 Å². The number of hydrogen-bond acceptors (Lipinski definition) is 7. The third-order valence-corrected chi connectivity index (χ3v) is 20.4. The predicted octanol–water partition coefficient (Wildman–Crippen LogP) is 9.16. The SMILES string of the molecule is C=C(C)[C@@H]1CC[C@]2(NCCN3CCN(S(=O)(=O)c4ccc5c(c4)OCCO5)CC3)CC[C@]3(C)[C@H](CC[C@@H]4[C@@]5(C)CC=C(c6ccc(C(=O)O)cc6)C(C)(C)[C@@H]5CC[C@]43C)[C@@H]12. The highest BCUT2D eigenvalue weighted by molar-refractivity contribution is 7.89. The van der Waals surface area contributed by atoms with Gasteiger partial charge in [0.05, 0.1) is 10.5 Å². The number of aromatic carboxylic acids is 1. The molecule has 0 radical (unpaired) electrons. The first-order chi connectivity index (χ1) is 28.4. The van der Waals surface area contributed by atoms with E-state index in [-0.39, 0.29) is 32.1 Å². The van der Waals surface area contributed by atoms with Crippen molar-refractivity contribution < 1.29 is 27.8 Å². The van der Waals surface area contributed by atoms with Crippen LogP contribution >= 0.6 is 0 Å². The molecule has 0 unspecified atom stereocenters. The summed E-state index contributed by atoms with van der Waals surface area (Å²) in [7, 11) is -3.62. The van der Waals surface area contributed by atoms with Gasteiger partial charge < -0.3 is 19.9 Å². The molecule has 7 aliphatic rings. The molecule has 2 aliphatic heterocycles. The number of hydrogen-bond donors (Lipinski definition) is 2. The molecule has 9 nitrogen and oxygen atoms in total. The molecule has 9 atom stereocenters. The maximum Gasteiger partial charge on any atom is 0.335 e. The van der Waals surface area contributed by atoms with E-state index in [9.17, 15) is 18.3 Å². The molecule has 2 aromatic carbocycles. The van der Waals surface area contributed by atoms with Gasteiger partial charge in [-0.25, -0.2) is 13.2 Å². The molecule has 2 aromatic rings. The Balaban J connectivity index is 0.887. The normalized spacial score (nSPS) is 37.5. The number of fused-ring (bicyclic) bond motifs is 8. The largest absolute Gasteiger partial charge is 0.486 e. The van der Waals surface area contributed by atoms with Crippen molar-refractivity contribution in [3.63, 3.8) is 0 Å². The lowest BCUT2D eigenvalue weighted by Gasteiger charge is -2.72. The number of nitrogens with one attached hydrogen (secondary N) is 1. The monoisotopic (exact) mass is 839 g/mol. The summed E-state index contributed by atoms with van der Waals surface area (Å²) >= 11 is 0. The lowest BCUT2D eigenvalue weighted by Crippen LogP contribution is -2.68. The number of carbonyl (C=O) groups is 1. The molecule has 9 rings (SSSR count). The maximum atomic E-state index is 13.6. The van der Waals surface area contributed by atoms with Crippen LogP contribution in [0.5, 0.6) is 11.5 Å². The molecule has 0 aromatic heterocycles. The van der Waals surface area contributed by atoms with Gasteiger partial charge in [0.15, 0.2) is 11.5 Å². The quantitative estimate of drug-likeness (QED) is 0.241. The van der Waals surface area contributed by atoms with Crippen LogP contribution in [0.15, 0.2) is 65.6 Å². The number of sulfonamides is 1. The van der Waals surface area contributed by atoms with E-state index >= 15 is 0 Å². The van der Waals surface area contributed by atoms with Gasteiger partial charge in [0.2, 0.25) is 10.0 Å². The predicted molar refractivity (Wildman–Crippen MR) is 237 cm³/mol. The minimum absolute atomic E-state index is 0.00741. The van der Waals surface area contributed by atoms with Crippen molar-refractivity contribution in [3.8, 4) is 11.5 Å². The van der Waals surface area contributed by atoms with Crippen LogP contribution < -0.4 is 14.8 Å². The van der Waals surface area contributed by atoms with Gasteiger partial charge in [-0.15, -0.1) is 0 Å². The fourth-order valence-corrected chi connectivity index (χ4v) is 16.8. The Hall–Kier alpha value is -3.18. The third kappa shape index (κ3) is 6.46. The second-order valence-corrected chi connectivity index (χ2v) is 23.2. The summed E-state index contributed by atoms with van der Waals surface area (Å²) in [4.78, 5) is 14.3. The Morgan fingerprint density at radius 3 is 2.27 bits per heavy atom. The Labute approximate surface area is 359 Å². The lowest BCUT2D eigenvalue weighted by atomic mass is 9.33. The summed E-state index contributed by atoms with van der Waals surface area (Å²) in [6.45, 7) is 25.0. The fourth-order valence-electron chi connectivity index (χ4n) is 15.3. The number of carboxylic acids is 1. The van der Waals surface area contributed by atoms with Crippen LogP contribution in [-0.2, 0) is 10.0 Å². The molecular formula is C50H69N3O6S. The highest BCUT2D eigenvalue weighted by Gasteiger charge is 2.70. The molecule has 2 N–H and O–H groups in total. The van der Waals surface area contributed by atoms with Gasteiger partial charge in [0, 0.05) is 50.9 Å². The van der Waals surface area contributed by atoms with Gasteiger partial charge in [-0.05, 0) is 151 Å². The molecule has 1 saturated heterocycles. The van der Waals surface area contributed by atoms with E-state index in [1.54, 1.807) is 34.6 Å². The maximum absolute atomic E-state index is 13.6. The molecule has 0 amide bonds. The van der Waals surface area contributed by atoms with Crippen LogP contribution in [0.3, 0.4) is 0 Å². The highest BCUT2D eigenvalue weighted by atomic mass is 32.2. The van der Waals surface area contributed by atoms with E-state index in [0.29, 0.717) is 73.0 Å². The van der Waals surface area contributed by atoms with Gasteiger partial charge in [0.25, 0.3) is 0 Å². The highest BCUT2D eigenvalue weighted by Crippen LogP contribution is 2.76. The van der Waals surface area contributed by atoms with E-state index in [1.807, 2.05) is 12.1 Å². The summed E-state index contributed by atoms with van der Waals surface area (Å²) in [5.41, 5.74) is 5.07. The number of piperazine rings is 1. The van der Waals surface area contributed by atoms with Crippen molar-refractivity contribution in [2.75, 3.05) is 52.5 Å². The van der Waals surface area contributed by atoms with E-state index in [1.165, 1.54) is 68.1 Å². The summed E-state index contributed by atoms with van der Waals surface area (Å²) in [6.07, 6.45) is 13.6. The summed E-state index contributed by atoms with van der Waals surface area (Å²) in [5.74, 6) is 3.21. The Morgan fingerprint density at radius 2 is 1.57 bits per heavy atom. The number of rotatable bonds is 9. The zero-order valence-corrected chi connectivity index (χ0v) is 37.8. The zero-order chi connectivity index (χ0) is 42.5. The Morgan fingerprint density at radius 1 is 0.850 bits per heavy atom. The third-order valence-electron chi connectivity index (χ3n) is 18.5. The molecule has 5 aliphatic carbocycles. The van der Waals surface area contributed by atoms with Crippen LogP contribution in [0.2, 0.25) is 0 Å². The van der Waals surface area contributed by atoms with Crippen LogP contribution in [0.4, 0.5) is 0 Å². The first-order valence-corrected chi connectivity index (χ1v) is 24.5. The molecule has 326 valence electrons. The van der Waals surface area contributed by atoms with Crippen molar-refractivity contribution in [1.29, 1.82) is 0 Å². The van der Waals surface area contributed by atoms with Crippen LogP contribution in [-0.4, -0.2) is 86.7 Å². The van der Waals surface area contributed by atoms with Gasteiger partial charge in [-0.3, -0.25) is 4.90 Å². The molecular weight excluding hydrogens is 771 g/mol. The minimum Gasteiger partial charge on any atom is -0.486 e. The number of allylic oxidation sites excluding steroid dienone is 3. The summed E-state index contributed by atoms with van der Waals surface area (Å²) in [5, 5.41) is 13.8. The topological polar surface area (TPSA) is 108 Å². The fraction of sp³-hybridized carbons (Fsp3) is 0.660. The van der Waals surface area contributed by atoms with Gasteiger partial charge in [-0.1, -0.05) is 65.0 Å². The lowest BCUT2D eigenvalue weighted by molar-refractivity contribution is -0.219.